The molecule has 0 saturated heterocycles. The second kappa shape index (κ2) is 6.51. The molecule has 3 aromatic rings. The lowest BCUT2D eigenvalue weighted by molar-refractivity contribution is 0.0956. The second-order valence-electron chi connectivity index (χ2n) is 4.99. The molecular weight excluding hydrogens is 387 g/mol. The normalized spacial score (nSPS) is 11.4. The van der Waals surface area contributed by atoms with Crippen LogP contribution in [-0.4, -0.2) is 22.9 Å². The lowest BCUT2D eigenvalue weighted by Crippen LogP contribution is -2.32. The van der Waals surface area contributed by atoms with Crippen LogP contribution in [-0.2, 0) is 10.0 Å². The van der Waals surface area contributed by atoms with Crippen molar-refractivity contribution < 1.29 is 13.2 Å². The Morgan fingerprint density at radius 3 is 2.20 bits per heavy atom. The summed E-state index contributed by atoms with van der Waals surface area (Å²) in [6, 6.07) is 11.5. The van der Waals surface area contributed by atoms with E-state index in [-0.39, 0.29) is 15.5 Å². The zero-order valence-electron chi connectivity index (χ0n) is 12.5. The van der Waals surface area contributed by atoms with E-state index in [0.717, 1.165) is 12.4 Å². The van der Waals surface area contributed by atoms with E-state index < -0.39 is 21.6 Å². The van der Waals surface area contributed by atoms with E-state index in [1.165, 1.54) is 36.4 Å². The van der Waals surface area contributed by atoms with Gasteiger partial charge in [-0.05, 0) is 36.4 Å². The quantitative estimate of drug-likeness (QED) is 0.681. The first-order chi connectivity index (χ1) is 11.8. The van der Waals surface area contributed by atoms with Gasteiger partial charge >= 0.3 is 5.69 Å². The average Bonchev–Trinajstić information content (AvgIpc) is 2.97. The van der Waals surface area contributed by atoms with Gasteiger partial charge in [-0.3, -0.25) is 4.79 Å². The standard InChI is InChI=1S/C16H10Cl2N2O4S/c17-11-5-7-12(8-6-11)25(23,24)20-10-9-19(16(20)22)15(21)13-3-1-2-4-14(13)18/h1-10H. The first kappa shape index (κ1) is 17.5. The van der Waals surface area contributed by atoms with Crippen LogP contribution in [0.15, 0.2) is 70.6 Å². The summed E-state index contributed by atoms with van der Waals surface area (Å²) in [6.07, 6.45) is 2.10. The topological polar surface area (TPSA) is 78.1 Å². The molecule has 9 heteroatoms. The molecule has 128 valence electrons. The summed E-state index contributed by atoms with van der Waals surface area (Å²) in [6.45, 7) is 0. The van der Waals surface area contributed by atoms with Crippen LogP contribution in [0.1, 0.15) is 10.4 Å². The summed E-state index contributed by atoms with van der Waals surface area (Å²) in [5.41, 5.74) is -0.923. The molecule has 0 spiro atoms. The Balaban J connectivity index is 2.08. The van der Waals surface area contributed by atoms with Crippen molar-refractivity contribution in [3.8, 4) is 0 Å². The SMILES string of the molecule is O=C(c1ccccc1Cl)n1ccn(S(=O)(=O)c2ccc(Cl)cc2)c1=O. The van der Waals surface area contributed by atoms with Crippen molar-refractivity contribution in [2.75, 3.05) is 0 Å². The molecule has 0 fully saturated rings. The van der Waals surface area contributed by atoms with Gasteiger partial charge in [0, 0.05) is 17.4 Å². The molecule has 0 radical (unpaired) electrons. The molecule has 0 saturated carbocycles. The van der Waals surface area contributed by atoms with Gasteiger partial charge in [0.05, 0.1) is 15.5 Å². The molecule has 0 N–H and O–H groups in total. The summed E-state index contributed by atoms with van der Waals surface area (Å²) in [5, 5.41) is 0.519. The highest BCUT2D eigenvalue weighted by atomic mass is 35.5. The fourth-order valence-corrected chi connectivity index (χ4v) is 3.74. The van der Waals surface area contributed by atoms with Crippen LogP contribution in [0.3, 0.4) is 0 Å². The summed E-state index contributed by atoms with van der Waals surface area (Å²) >= 11 is 11.7. The molecule has 0 bridgehead atoms. The molecule has 0 aliphatic carbocycles. The van der Waals surface area contributed by atoms with E-state index in [4.69, 9.17) is 23.2 Å². The van der Waals surface area contributed by atoms with E-state index >= 15 is 0 Å². The van der Waals surface area contributed by atoms with Gasteiger partial charge in [-0.15, -0.1) is 0 Å². The van der Waals surface area contributed by atoms with Crippen molar-refractivity contribution in [1.82, 2.24) is 8.54 Å². The number of hydrogen-bond donors (Lipinski definition) is 0. The monoisotopic (exact) mass is 396 g/mol. The van der Waals surface area contributed by atoms with Gasteiger partial charge < -0.3 is 0 Å². The number of hydrogen-bond acceptors (Lipinski definition) is 4. The minimum Gasteiger partial charge on any atom is -0.268 e. The number of nitrogens with zero attached hydrogens (tertiary/aromatic N) is 2. The van der Waals surface area contributed by atoms with Gasteiger partial charge in [0.2, 0.25) is 0 Å². The van der Waals surface area contributed by atoms with Gasteiger partial charge in [0.15, 0.2) is 0 Å². The lowest BCUT2D eigenvalue weighted by atomic mass is 10.2. The number of carbonyl (C=O) groups is 1. The maximum Gasteiger partial charge on any atom is 0.349 e. The summed E-state index contributed by atoms with van der Waals surface area (Å²) in [4.78, 5) is 24.8. The summed E-state index contributed by atoms with van der Waals surface area (Å²) in [5.74, 6) is -0.722. The van der Waals surface area contributed by atoms with Crippen LogP contribution in [0.25, 0.3) is 0 Å². The first-order valence-electron chi connectivity index (χ1n) is 6.93. The van der Waals surface area contributed by atoms with Crippen molar-refractivity contribution >= 4 is 39.1 Å². The predicted molar refractivity (Wildman–Crippen MR) is 93.9 cm³/mol. The van der Waals surface area contributed by atoms with Crippen molar-refractivity contribution in [2.45, 2.75) is 4.90 Å². The zero-order valence-corrected chi connectivity index (χ0v) is 14.8. The molecular formula is C16H10Cl2N2O4S. The number of rotatable bonds is 3. The molecule has 0 atom stereocenters. The van der Waals surface area contributed by atoms with Crippen LogP contribution < -0.4 is 5.69 Å². The zero-order chi connectivity index (χ0) is 18.2. The molecule has 0 amide bonds. The lowest BCUT2D eigenvalue weighted by Gasteiger charge is -2.05. The van der Waals surface area contributed by atoms with E-state index in [1.807, 2.05) is 0 Å². The maximum atomic E-state index is 12.6. The Hall–Kier alpha value is -2.35. The number of halogens is 2. The Kier molecular flexibility index (Phi) is 4.55. The van der Waals surface area contributed by atoms with E-state index in [1.54, 1.807) is 12.1 Å². The molecule has 25 heavy (non-hydrogen) atoms. The minimum atomic E-state index is -4.15. The van der Waals surface area contributed by atoms with Gasteiger partial charge in [-0.25, -0.2) is 17.8 Å². The van der Waals surface area contributed by atoms with Crippen molar-refractivity contribution in [2.24, 2.45) is 0 Å². The fourth-order valence-electron chi connectivity index (χ4n) is 2.18. The highest BCUT2D eigenvalue weighted by Gasteiger charge is 2.23. The van der Waals surface area contributed by atoms with Crippen LogP contribution in [0, 0.1) is 0 Å². The molecule has 2 aromatic carbocycles. The van der Waals surface area contributed by atoms with Crippen molar-refractivity contribution in [3.05, 3.63) is 87.0 Å². The fraction of sp³-hybridized carbons (Fsp3) is 0. The molecule has 0 aliphatic heterocycles. The highest BCUT2D eigenvalue weighted by molar-refractivity contribution is 7.90. The number of benzene rings is 2. The summed E-state index contributed by atoms with van der Waals surface area (Å²) < 4.78 is 26.3. The number of aromatic nitrogens is 2. The van der Waals surface area contributed by atoms with Crippen LogP contribution >= 0.6 is 23.2 Å². The van der Waals surface area contributed by atoms with E-state index in [2.05, 4.69) is 0 Å². The van der Waals surface area contributed by atoms with Gasteiger partial charge in [-0.1, -0.05) is 35.3 Å². The van der Waals surface area contributed by atoms with Gasteiger partial charge in [0.1, 0.15) is 0 Å². The van der Waals surface area contributed by atoms with Crippen LogP contribution in [0.2, 0.25) is 10.0 Å². The van der Waals surface area contributed by atoms with Gasteiger partial charge in [-0.2, -0.15) is 3.97 Å². The molecule has 3 rings (SSSR count). The van der Waals surface area contributed by atoms with Crippen molar-refractivity contribution in [1.29, 1.82) is 0 Å². The smallest absolute Gasteiger partial charge is 0.268 e. The highest BCUT2D eigenvalue weighted by Crippen LogP contribution is 2.18. The third-order valence-electron chi connectivity index (χ3n) is 3.44. The van der Waals surface area contributed by atoms with Crippen molar-refractivity contribution in [3.63, 3.8) is 0 Å². The first-order valence-corrected chi connectivity index (χ1v) is 9.12. The Morgan fingerprint density at radius 1 is 0.920 bits per heavy atom. The predicted octanol–water partition coefficient (Wildman–Crippen LogP) is 2.88. The third kappa shape index (κ3) is 3.13. The third-order valence-corrected chi connectivity index (χ3v) is 5.68. The van der Waals surface area contributed by atoms with Gasteiger partial charge in [0.25, 0.3) is 15.9 Å². The van der Waals surface area contributed by atoms with Crippen LogP contribution in [0.5, 0.6) is 0 Å². The Labute approximate surface area is 152 Å². The molecule has 6 nitrogen and oxygen atoms in total. The Morgan fingerprint density at radius 2 is 1.56 bits per heavy atom. The number of imidazole rings is 1. The Bertz CT molecular complexity index is 1120. The maximum absolute atomic E-state index is 12.6. The largest absolute Gasteiger partial charge is 0.349 e. The van der Waals surface area contributed by atoms with E-state index in [0.29, 0.717) is 13.6 Å². The minimum absolute atomic E-state index is 0.0907. The molecule has 1 aromatic heterocycles. The average molecular weight is 397 g/mol. The second-order valence-corrected chi connectivity index (χ2v) is 7.65. The molecule has 1 heterocycles. The summed E-state index contributed by atoms with van der Waals surface area (Å²) in [7, 11) is -4.15. The van der Waals surface area contributed by atoms with E-state index in [9.17, 15) is 18.0 Å². The molecule has 0 unspecified atom stereocenters. The van der Waals surface area contributed by atoms with Crippen LogP contribution in [0.4, 0.5) is 0 Å². The molecule has 0 aliphatic rings. The number of carbonyl (C=O) groups excluding carboxylic acids is 1.